The maximum absolute atomic E-state index is 12.7. The first kappa shape index (κ1) is 22.0. The van der Waals surface area contributed by atoms with E-state index in [-0.39, 0.29) is 12.0 Å². The summed E-state index contributed by atoms with van der Waals surface area (Å²) in [5.74, 6) is 4.61. The summed E-state index contributed by atoms with van der Waals surface area (Å²) in [7, 11) is 1.99. The van der Waals surface area contributed by atoms with Gasteiger partial charge in [-0.05, 0) is 111 Å². The Morgan fingerprint density at radius 3 is 2.74 bits per heavy atom. The molecule has 3 saturated carbocycles. The summed E-state index contributed by atoms with van der Waals surface area (Å²) in [4.78, 5) is 14.7. The molecule has 1 saturated heterocycles. The topological polar surface area (TPSA) is 40.5 Å². The standard InChI is InChI=1S/C28H45NO2/c1-18(16-19-6-5-15-29(4)26(19)31)23-9-10-24-22-8-7-20-17-21(30)11-13-27(20,2)25(22)12-14-28(23,24)3/h7,18-19,21-25,30H,5-6,8-17H2,1-4H3/t18-,19+,21+,22+,23-,24+,25+,27+,28-/m1/s1. The molecule has 0 spiro atoms. The number of aliphatic hydroxyl groups excluding tert-OH is 1. The first-order valence-electron chi connectivity index (χ1n) is 13.4. The molecule has 0 aromatic carbocycles. The molecule has 0 aromatic rings. The summed E-state index contributed by atoms with van der Waals surface area (Å²) < 4.78 is 0. The van der Waals surface area contributed by atoms with Crippen molar-refractivity contribution >= 4 is 5.91 Å². The van der Waals surface area contributed by atoms with Crippen LogP contribution in [0.3, 0.4) is 0 Å². The minimum atomic E-state index is -0.108. The molecule has 174 valence electrons. The number of aliphatic hydroxyl groups is 1. The van der Waals surface area contributed by atoms with Gasteiger partial charge >= 0.3 is 0 Å². The molecule has 0 radical (unpaired) electrons. The maximum atomic E-state index is 12.7. The fourth-order valence-electron chi connectivity index (χ4n) is 9.57. The van der Waals surface area contributed by atoms with E-state index in [0.717, 1.165) is 55.9 Å². The predicted octanol–water partition coefficient (Wildman–Crippen LogP) is 5.82. The number of amides is 1. The number of piperidine rings is 1. The van der Waals surface area contributed by atoms with Crippen LogP contribution in [0.5, 0.6) is 0 Å². The minimum absolute atomic E-state index is 0.108. The molecule has 0 aromatic heterocycles. The second-order valence-corrected chi connectivity index (χ2v) is 12.7. The second kappa shape index (κ2) is 7.89. The van der Waals surface area contributed by atoms with Crippen LogP contribution in [0.4, 0.5) is 0 Å². The molecule has 1 aliphatic heterocycles. The Kier molecular flexibility index (Phi) is 5.59. The van der Waals surface area contributed by atoms with Crippen molar-refractivity contribution in [2.75, 3.05) is 13.6 Å². The number of carbonyl (C=O) groups excluding carboxylic acids is 1. The van der Waals surface area contributed by atoms with Gasteiger partial charge in [0.1, 0.15) is 0 Å². The minimum Gasteiger partial charge on any atom is -0.393 e. The van der Waals surface area contributed by atoms with Gasteiger partial charge in [0, 0.05) is 19.5 Å². The summed E-state index contributed by atoms with van der Waals surface area (Å²) in [6.45, 7) is 8.57. The van der Waals surface area contributed by atoms with Crippen molar-refractivity contribution in [2.24, 2.45) is 46.3 Å². The smallest absolute Gasteiger partial charge is 0.225 e. The van der Waals surface area contributed by atoms with E-state index in [2.05, 4.69) is 26.8 Å². The van der Waals surface area contributed by atoms with Gasteiger partial charge in [0.15, 0.2) is 0 Å². The zero-order valence-corrected chi connectivity index (χ0v) is 20.4. The third-order valence-corrected chi connectivity index (χ3v) is 11.3. The van der Waals surface area contributed by atoms with Crippen LogP contribution >= 0.6 is 0 Å². The number of rotatable bonds is 3. The zero-order chi connectivity index (χ0) is 22.0. The fraction of sp³-hybridized carbons (Fsp3) is 0.893. The van der Waals surface area contributed by atoms with Crippen molar-refractivity contribution in [3.8, 4) is 0 Å². The van der Waals surface area contributed by atoms with Crippen molar-refractivity contribution in [3.05, 3.63) is 11.6 Å². The Labute approximate surface area is 190 Å². The normalized spacial score (nSPS) is 48.5. The predicted molar refractivity (Wildman–Crippen MR) is 125 cm³/mol. The van der Waals surface area contributed by atoms with Gasteiger partial charge in [-0.2, -0.15) is 0 Å². The molecule has 9 atom stereocenters. The van der Waals surface area contributed by atoms with Gasteiger partial charge in [0.2, 0.25) is 5.91 Å². The molecule has 3 nitrogen and oxygen atoms in total. The van der Waals surface area contributed by atoms with Gasteiger partial charge in [-0.3, -0.25) is 4.79 Å². The number of hydrogen-bond donors (Lipinski definition) is 1. The van der Waals surface area contributed by atoms with Crippen LogP contribution in [-0.2, 0) is 4.79 Å². The zero-order valence-electron chi connectivity index (χ0n) is 20.4. The highest BCUT2D eigenvalue weighted by atomic mass is 16.3. The van der Waals surface area contributed by atoms with E-state index >= 15 is 0 Å². The first-order chi connectivity index (χ1) is 14.7. The van der Waals surface area contributed by atoms with Crippen molar-refractivity contribution < 1.29 is 9.90 Å². The van der Waals surface area contributed by atoms with Gasteiger partial charge < -0.3 is 10.0 Å². The van der Waals surface area contributed by atoms with E-state index in [1.807, 2.05) is 11.9 Å². The van der Waals surface area contributed by atoms with Crippen molar-refractivity contribution in [1.29, 1.82) is 0 Å². The Morgan fingerprint density at radius 1 is 1.13 bits per heavy atom. The van der Waals surface area contributed by atoms with Crippen LogP contribution in [0, 0.1) is 46.3 Å². The molecule has 5 aliphatic rings. The average molecular weight is 428 g/mol. The lowest BCUT2D eigenvalue weighted by Crippen LogP contribution is -2.51. The van der Waals surface area contributed by atoms with Gasteiger partial charge in [-0.25, -0.2) is 0 Å². The van der Waals surface area contributed by atoms with E-state index in [0.29, 0.717) is 22.7 Å². The lowest BCUT2D eigenvalue weighted by molar-refractivity contribution is -0.138. The molecular weight excluding hydrogens is 382 g/mol. The van der Waals surface area contributed by atoms with Crippen molar-refractivity contribution in [1.82, 2.24) is 4.90 Å². The fourth-order valence-corrected chi connectivity index (χ4v) is 9.57. The molecule has 4 fully saturated rings. The molecule has 5 rings (SSSR count). The van der Waals surface area contributed by atoms with Gasteiger partial charge in [0.25, 0.3) is 0 Å². The third kappa shape index (κ3) is 3.44. The number of likely N-dealkylation sites (tertiary alicyclic amines) is 1. The summed E-state index contributed by atoms with van der Waals surface area (Å²) in [6, 6.07) is 0. The highest BCUT2D eigenvalue weighted by Gasteiger charge is 2.59. The van der Waals surface area contributed by atoms with Crippen LogP contribution in [0.2, 0.25) is 0 Å². The maximum Gasteiger partial charge on any atom is 0.225 e. The van der Waals surface area contributed by atoms with E-state index < -0.39 is 0 Å². The van der Waals surface area contributed by atoms with E-state index in [1.165, 1.54) is 44.9 Å². The molecule has 31 heavy (non-hydrogen) atoms. The average Bonchev–Trinajstić information content (AvgIpc) is 3.09. The monoisotopic (exact) mass is 427 g/mol. The molecule has 1 N–H and O–H groups in total. The number of hydrogen-bond acceptors (Lipinski definition) is 2. The van der Waals surface area contributed by atoms with Crippen LogP contribution in [0.1, 0.15) is 91.4 Å². The quantitative estimate of drug-likeness (QED) is 0.576. The molecule has 4 aliphatic carbocycles. The summed E-state index contributed by atoms with van der Waals surface area (Å²) in [6.07, 6.45) is 15.7. The molecule has 0 unspecified atom stereocenters. The third-order valence-electron chi connectivity index (χ3n) is 11.3. The van der Waals surface area contributed by atoms with Crippen LogP contribution in [0.25, 0.3) is 0 Å². The van der Waals surface area contributed by atoms with Crippen LogP contribution < -0.4 is 0 Å². The van der Waals surface area contributed by atoms with E-state index in [4.69, 9.17) is 0 Å². The van der Waals surface area contributed by atoms with E-state index in [1.54, 1.807) is 5.57 Å². The number of carbonyl (C=O) groups is 1. The SMILES string of the molecule is C[C@H](C[C@@H]1CCCN(C)C1=O)[C@H]1CC[C@H]2[C@@H]3CC=C4C[C@@H](O)CC[C@]4(C)[C@H]3CC[C@]12C. The lowest BCUT2D eigenvalue weighted by atomic mass is 9.47. The number of allylic oxidation sites excluding steroid dienone is 1. The van der Waals surface area contributed by atoms with Gasteiger partial charge in [-0.15, -0.1) is 0 Å². The first-order valence-corrected chi connectivity index (χ1v) is 13.4. The van der Waals surface area contributed by atoms with Crippen LogP contribution in [0.15, 0.2) is 11.6 Å². The lowest BCUT2D eigenvalue weighted by Gasteiger charge is -2.58. The largest absolute Gasteiger partial charge is 0.393 e. The van der Waals surface area contributed by atoms with Crippen LogP contribution in [-0.4, -0.2) is 35.6 Å². The van der Waals surface area contributed by atoms with Gasteiger partial charge in [0.05, 0.1) is 6.10 Å². The Bertz CT molecular complexity index is 745. The molecular formula is C28H45NO2. The van der Waals surface area contributed by atoms with Crippen molar-refractivity contribution in [3.63, 3.8) is 0 Å². The molecule has 0 bridgehead atoms. The molecule has 1 heterocycles. The number of nitrogens with zero attached hydrogens (tertiary/aromatic N) is 1. The van der Waals surface area contributed by atoms with E-state index in [9.17, 15) is 9.90 Å². The summed E-state index contributed by atoms with van der Waals surface area (Å²) in [5, 5.41) is 10.2. The Hall–Kier alpha value is -0.830. The summed E-state index contributed by atoms with van der Waals surface area (Å²) in [5.41, 5.74) is 2.38. The number of fused-ring (bicyclic) bond motifs is 5. The van der Waals surface area contributed by atoms with Crippen molar-refractivity contribution in [2.45, 2.75) is 97.5 Å². The second-order valence-electron chi connectivity index (χ2n) is 12.7. The summed E-state index contributed by atoms with van der Waals surface area (Å²) >= 11 is 0. The highest BCUT2D eigenvalue weighted by Crippen LogP contribution is 2.67. The Balaban J connectivity index is 1.32. The van der Waals surface area contributed by atoms with Gasteiger partial charge in [-0.1, -0.05) is 32.4 Å². The molecule has 1 amide bonds. The molecule has 3 heteroatoms. The highest BCUT2D eigenvalue weighted by molar-refractivity contribution is 5.79. The Morgan fingerprint density at radius 2 is 1.94 bits per heavy atom.